The maximum Gasteiger partial charge on any atom is 0.267 e. The van der Waals surface area contributed by atoms with Crippen molar-refractivity contribution < 1.29 is 14.3 Å². The molecule has 0 spiro atoms. The lowest BCUT2D eigenvalue weighted by Crippen LogP contribution is -2.46. The predicted molar refractivity (Wildman–Crippen MR) is 86.6 cm³/mol. The Morgan fingerprint density at radius 3 is 2.77 bits per heavy atom. The lowest BCUT2D eigenvalue weighted by Gasteiger charge is -2.34. The van der Waals surface area contributed by atoms with Crippen LogP contribution in [-0.4, -0.2) is 37.9 Å². The van der Waals surface area contributed by atoms with E-state index in [1.165, 1.54) is 0 Å². The normalized spacial score (nSPS) is 17.4. The zero-order valence-corrected chi connectivity index (χ0v) is 13.7. The van der Waals surface area contributed by atoms with E-state index in [2.05, 4.69) is 19.2 Å². The summed E-state index contributed by atoms with van der Waals surface area (Å²) in [6.45, 7) is 7.14. The molecule has 1 unspecified atom stereocenters. The molecule has 22 heavy (non-hydrogen) atoms. The van der Waals surface area contributed by atoms with E-state index in [1.54, 1.807) is 30.0 Å². The highest BCUT2D eigenvalue weighted by Crippen LogP contribution is 2.35. The molecule has 0 saturated carbocycles. The summed E-state index contributed by atoms with van der Waals surface area (Å²) in [5.41, 5.74) is 1.32. The number of amides is 1. The van der Waals surface area contributed by atoms with Crippen LogP contribution in [0.4, 0.5) is 5.69 Å². The Balaban J connectivity index is 2.34. The van der Waals surface area contributed by atoms with E-state index in [4.69, 9.17) is 4.74 Å². The van der Waals surface area contributed by atoms with Crippen LogP contribution in [0.15, 0.2) is 18.2 Å². The van der Waals surface area contributed by atoms with Crippen LogP contribution in [-0.2, 0) is 4.79 Å². The van der Waals surface area contributed by atoms with Gasteiger partial charge in [-0.05, 0) is 38.1 Å². The summed E-state index contributed by atoms with van der Waals surface area (Å²) in [5, 5.41) is 2.97. The quantitative estimate of drug-likeness (QED) is 0.819. The molecule has 1 aliphatic rings. The zero-order chi connectivity index (χ0) is 16.3. The molecule has 0 bridgehead atoms. The minimum absolute atomic E-state index is 0.0546. The molecular weight excluding hydrogens is 280 g/mol. The summed E-state index contributed by atoms with van der Waals surface area (Å²) in [4.78, 5) is 26.3. The van der Waals surface area contributed by atoms with Gasteiger partial charge in [-0.2, -0.15) is 0 Å². The molecule has 1 N–H and O–H groups in total. The smallest absolute Gasteiger partial charge is 0.267 e. The topological polar surface area (TPSA) is 58.6 Å². The highest BCUT2D eigenvalue weighted by atomic mass is 16.5. The van der Waals surface area contributed by atoms with E-state index in [0.29, 0.717) is 42.4 Å². The standard InChI is InChI=1S/C17H24N2O3/c1-11(2)10-19-14-9-13(15(20)7-8-18-4)5-6-16(14)22-12(3)17(19)21/h5-6,9,11-12,18H,7-8,10H2,1-4H3. The minimum atomic E-state index is -0.489. The third-order valence-corrected chi connectivity index (χ3v) is 3.64. The van der Waals surface area contributed by atoms with Crippen LogP contribution in [0.5, 0.6) is 5.75 Å². The third kappa shape index (κ3) is 3.47. The van der Waals surface area contributed by atoms with Crippen molar-refractivity contribution in [1.82, 2.24) is 5.32 Å². The van der Waals surface area contributed by atoms with Crippen molar-refractivity contribution in [2.45, 2.75) is 33.3 Å². The molecule has 0 aromatic heterocycles. The Hall–Kier alpha value is -1.88. The van der Waals surface area contributed by atoms with E-state index in [9.17, 15) is 9.59 Å². The van der Waals surface area contributed by atoms with Gasteiger partial charge >= 0.3 is 0 Å². The Bertz CT molecular complexity index is 569. The first-order chi connectivity index (χ1) is 10.4. The number of carbonyl (C=O) groups excluding carboxylic acids is 2. The van der Waals surface area contributed by atoms with Gasteiger partial charge in [-0.15, -0.1) is 0 Å². The van der Waals surface area contributed by atoms with E-state index in [-0.39, 0.29) is 11.7 Å². The Morgan fingerprint density at radius 2 is 2.14 bits per heavy atom. The number of hydrogen-bond donors (Lipinski definition) is 1. The zero-order valence-electron chi connectivity index (χ0n) is 13.7. The number of fused-ring (bicyclic) bond motifs is 1. The Kier molecular flexibility index (Phi) is 5.19. The lowest BCUT2D eigenvalue weighted by molar-refractivity contribution is -0.125. The van der Waals surface area contributed by atoms with Gasteiger partial charge in [-0.25, -0.2) is 0 Å². The highest BCUT2D eigenvalue weighted by molar-refractivity contribution is 6.03. The summed E-state index contributed by atoms with van der Waals surface area (Å²) >= 11 is 0. The van der Waals surface area contributed by atoms with Crippen molar-refractivity contribution in [1.29, 1.82) is 0 Å². The molecule has 5 heteroatoms. The first-order valence-corrected chi connectivity index (χ1v) is 7.74. The van der Waals surface area contributed by atoms with Gasteiger partial charge in [0.1, 0.15) is 5.75 Å². The predicted octanol–water partition coefficient (Wildman–Crippen LogP) is 2.25. The number of rotatable bonds is 6. The van der Waals surface area contributed by atoms with Gasteiger partial charge in [0, 0.05) is 25.1 Å². The summed E-state index contributed by atoms with van der Waals surface area (Å²) in [6.07, 6.45) is -0.0536. The minimum Gasteiger partial charge on any atom is -0.479 e. The summed E-state index contributed by atoms with van der Waals surface area (Å²) in [6, 6.07) is 5.34. The number of benzene rings is 1. The van der Waals surface area contributed by atoms with Crippen LogP contribution in [0.3, 0.4) is 0 Å². The lowest BCUT2D eigenvalue weighted by atomic mass is 10.0. The molecule has 120 valence electrons. The number of nitrogens with one attached hydrogen (secondary N) is 1. The number of anilines is 1. The fourth-order valence-electron chi connectivity index (χ4n) is 2.52. The molecule has 1 amide bonds. The number of hydrogen-bond acceptors (Lipinski definition) is 4. The molecule has 5 nitrogen and oxygen atoms in total. The van der Waals surface area contributed by atoms with Gasteiger partial charge in [0.15, 0.2) is 11.9 Å². The molecule has 0 saturated heterocycles. The first-order valence-electron chi connectivity index (χ1n) is 7.74. The maximum atomic E-state index is 12.4. The molecule has 1 aromatic carbocycles. The van der Waals surface area contributed by atoms with E-state index < -0.39 is 6.10 Å². The van der Waals surface area contributed by atoms with Crippen molar-refractivity contribution in [3.05, 3.63) is 23.8 Å². The van der Waals surface area contributed by atoms with Gasteiger partial charge in [0.25, 0.3) is 5.91 Å². The molecular formula is C17H24N2O3. The van der Waals surface area contributed by atoms with Crippen LogP contribution >= 0.6 is 0 Å². The third-order valence-electron chi connectivity index (χ3n) is 3.64. The van der Waals surface area contributed by atoms with Crippen molar-refractivity contribution in [2.24, 2.45) is 5.92 Å². The first kappa shape index (κ1) is 16.5. The monoisotopic (exact) mass is 304 g/mol. The second-order valence-electron chi connectivity index (χ2n) is 6.06. The fourth-order valence-corrected chi connectivity index (χ4v) is 2.52. The van der Waals surface area contributed by atoms with Crippen molar-refractivity contribution >= 4 is 17.4 Å². The van der Waals surface area contributed by atoms with Gasteiger partial charge in [-0.3, -0.25) is 9.59 Å². The van der Waals surface area contributed by atoms with Crippen LogP contribution in [0.1, 0.15) is 37.6 Å². The van der Waals surface area contributed by atoms with Crippen LogP contribution in [0.25, 0.3) is 0 Å². The van der Waals surface area contributed by atoms with Crippen molar-refractivity contribution in [3.63, 3.8) is 0 Å². The van der Waals surface area contributed by atoms with E-state index in [0.717, 1.165) is 0 Å². The molecule has 1 heterocycles. The van der Waals surface area contributed by atoms with E-state index in [1.807, 2.05) is 7.05 Å². The summed E-state index contributed by atoms with van der Waals surface area (Å²) < 4.78 is 5.66. The van der Waals surface area contributed by atoms with Crippen LogP contribution in [0, 0.1) is 5.92 Å². The molecule has 0 fully saturated rings. The average molecular weight is 304 g/mol. The van der Waals surface area contributed by atoms with Crippen molar-refractivity contribution in [3.8, 4) is 5.75 Å². The van der Waals surface area contributed by atoms with Crippen LogP contribution < -0.4 is 15.0 Å². The summed E-state index contributed by atoms with van der Waals surface area (Å²) in [5.74, 6) is 1.01. The second-order valence-corrected chi connectivity index (χ2v) is 6.06. The molecule has 0 aliphatic carbocycles. The number of nitrogens with zero attached hydrogens (tertiary/aromatic N) is 1. The Labute approximate surface area is 131 Å². The van der Waals surface area contributed by atoms with Gasteiger partial charge < -0.3 is 15.0 Å². The van der Waals surface area contributed by atoms with Crippen molar-refractivity contribution in [2.75, 3.05) is 25.0 Å². The Morgan fingerprint density at radius 1 is 1.41 bits per heavy atom. The van der Waals surface area contributed by atoms with E-state index >= 15 is 0 Å². The van der Waals surface area contributed by atoms with Gasteiger partial charge in [0.05, 0.1) is 5.69 Å². The summed E-state index contributed by atoms with van der Waals surface area (Å²) in [7, 11) is 1.82. The molecule has 0 radical (unpaired) electrons. The van der Waals surface area contributed by atoms with Gasteiger partial charge in [-0.1, -0.05) is 13.8 Å². The highest BCUT2D eigenvalue weighted by Gasteiger charge is 2.32. The molecule has 1 aliphatic heterocycles. The number of ether oxygens (including phenoxy) is 1. The average Bonchev–Trinajstić information content (AvgIpc) is 2.48. The number of carbonyl (C=O) groups is 2. The SMILES string of the molecule is CNCCC(=O)c1ccc2c(c1)N(CC(C)C)C(=O)C(C)O2. The van der Waals surface area contributed by atoms with Gasteiger partial charge in [0.2, 0.25) is 0 Å². The molecule has 1 atom stereocenters. The molecule has 2 rings (SSSR count). The number of Topliss-reactive ketones (excluding diaryl/α,β-unsaturated/α-hetero) is 1. The second kappa shape index (κ2) is 6.92. The fraction of sp³-hybridized carbons (Fsp3) is 0.529. The maximum absolute atomic E-state index is 12.4. The molecule has 1 aromatic rings. The largest absolute Gasteiger partial charge is 0.479 e. The van der Waals surface area contributed by atoms with Crippen LogP contribution in [0.2, 0.25) is 0 Å². The number of ketones is 1.